The minimum absolute atomic E-state index is 0.00425. The molecule has 35 heavy (non-hydrogen) atoms. The average Bonchev–Trinajstić information content (AvgIpc) is 3.31. The van der Waals surface area contributed by atoms with Crippen LogP contribution in [-0.2, 0) is 9.47 Å². The molecule has 4 aromatic rings. The highest BCUT2D eigenvalue weighted by molar-refractivity contribution is 7.98. The minimum atomic E-state index is -0.393. The SMILES string of the molecule is COC(=O)c1cccc(-c2cnc(-n3cc(SC)c4ccc(C(=O)N5CCOCC5)cc43)nc2)c1. The molecule has 1 aliphatic rings. The Morgan fingerprint density at radius 3 is 2.49 bits per heavy atom. The van der Waals surface area contributed by atoms with Crippen molar-refractivity contribution in [1.82, 2.24) is 19.4 Å². The second kappa shape index (κ2) is 9.89. The second-order valence-electron chi connectivity index (χ2n) is 8.05. The number of hydrogen-bond donors (Lipinski definition) is 0. The Morgan fingerprint density at radius 1 is 1.00 bits per heavy atom. The first-order valence-corrected chi connectivity index (χ1v) is 12.4. The Balaban J connectivity index is 1.50. The standard InChI is InChI=1S/C26H24N4O4S/c1-33-25(32)19-5-3-4-17(12-19)20-14-27-26(28-15-20)30-16-23(35-2)21-7-6-18(13-22(21)30)24(31)29-8-10-34-11-9-29/h3-7,12-16H,8-11H2,1-2H3. The molecule has 8 nitrogen and oxygen atoms in total. The summed E-state index contributed by atoms with van der Waals surface area (Å²) in [6.07, 6.45) is 7.47. The summed E-state index contributed by atoms with van der Waals surface area (Å²) < 4.78 is 12.1. The van der Waals surface area contributed by atoms with Crippen molar-refractivity contribution in [2.75, 3.05) is 39.7 Å². The van der Waals surface area contributed by atoms with E-state index in [0.29, 0.717) is 43.4 Å². The van der Waals surface area contributed by atoms with Gasteiger partial charge < -0.3 is 14.4 Å². The van der Waals surface area contributed by atoms with Gasteiger partial charge in [0.2, 0.25) is 5.95 Å². The van der Waals surface area contributed by atoms with E-state index in [1.807, 2.05) is 46.2 Å². The zero-order valence-electron chi connectivity index (χ0n) is 19.4. The topological polar surface area (TPSA) is 86.5 Å². The lowest BCUT2D eigenvalue weighted by atomic mass is 10.1. The molecular formula is C26H24N4O4S. The summed E-state index contributed by atoms with van der Waals surface area (Å²) in [5.41, 5.74) is 3.56. The van der Waals surface area contributed by atoms with Gasteiger partial charge in [-0.05, 0) is 36.1 Å². The number of ether oxygens (including phenoxy) is 2. The predicted octanol–water partition coefficient (Wildman–Crippen LogP) is 4.07. The van der Waals surface area contributed by atoms with Crippen LogP contribution >= 0.6 is 11.8 Å². The van der Waals surface area contributed by atoms with Crippen LogP contribution in [0, 0.1) is 0 Å². The summed E-state index contributed by atoms with van der Waals surface area (Å²) in [5, 5.41) is 1.04. The summed E-state index contributed by atoms with van der Waals surface area (Å²) in [5.74, 6) is 0.102. The molecule has 1 saturated heterocycles. The van der Waals surface area contributed by atoms with Crippen LogP contribution < -0.4 is 0 Å². The van der Waals surface area contributed by atoms with Gasteiger partial charge in [0.25, 0.3) is 5.91 Å². The van der Waals surface area contributed by atoms with Gasteiger partial charge in [-0.3, -0.25) is 9.36 Å². The lowest BCUT2D eigenvalue weighted by molar-refractivity contribution is 0.0303. The maximum atomic E-state index is 13.1. The summed E-state index contributed by atoms with van der Waals surface area (Å²) >= 11 is 1.63. The van der Waals surface area contributed by atoms with Crippen molar-refractivity contribution in [1.29, 1.82) is 0 Å². The highest BCUT2D eigenvalue weighted by Gasteiger charge is 2.20. The van der Waals surface area contributed by atoms with Crippen LogP contribution in [0.2, 0.25) is 0 Å². The minimum Gasteiger partial charge on any atom is -0.465 e. The van der Waals surface area contributed by atoms with Crippen molar-refractivity contribution in [2.45, 2.75) is 4.90 Å². The zero-order valence-corrected chi connectivity index (χ0v) is 20.2. The van der Waals surface area contributed by atoms with Gasteiger partial charge in [0.1, 0.15) is 0 Å². The molecule has 0 aliphatic carbocycles. The summed E-state index contributed by atoms with van der Waals surface area (Å²) in [6.45, 7) is 2.30. The smallest absolute Gasteiger partial charge is 0.337 e. The number of morpholine rings is 1. The molecule has 0 bridgehead atoms. The Hall–Kier alpha value is -3.69. The number of nitrogens with zero attached hydrogens (tertiary/aromatic N) is 4. The number of benzene rings is 2. The van der Waals surface area contributed by atoms with Gasteiger partial charge in [0.05, 0.1) is 31.4 Å². The second-order valence-corrected chi connectivity index (χ2v) is 8.90. The van der Waals surface area contributed by atoms with Crippen LogP contribution in [-0.4, -0.2) is 71.0 Å². The van der Waals surface area contributed by atoms with Crippen molar-refractivity contribution >= 4 is 34.5 Å². The first kappa shape index (κ1) is 23.1. The number of hydrogen-bond acceptors (Lipinski definition) is 7. The molecule has 1 fully saturated rings. The molecule has 0 saturated carbocycles. The largest absolute Gasteiger partial charge is 0.465 e. The highest BCUT2D eigenvalue weighted by Crippen LogP contribution is 2.31. The third-order valence-electron chi connectivity index (χ3n) is 6.00. The molecule has 2 aromatic heterocycles. The van der Waals surface area contributed by atoms with Gasteiger partial charge in [0.15, 0.2) is 0 Å². The molecule has 0 unspecified atom stereocenters. The van der Waals surface area contributed by atoms with E-state index >= 15 is 0 Å². The Labute approximate surface area is 206 Å². The van der Waals surface area contributed by atoms with Gasteiger partial charge in [-0.2, -0.15) is 0 Å². The fourth-order valence-corrected chi connectivity index (χ4v) is 4.75. The van der Waals surface area contributed by atoms with E-state index in [1.165, 1.54) is 7.11 Å². The maximum Gasteiger partial charge on any atom is 0.337 e. The number of esters is 1. The number of methoxy groups -OCH3 is 1. The molecule has 0 N–H and O–H groups in total. The van der Waals surface area contributed by atoms with E-state index in [4.69, 9.17) is 9.47 Å². The van der Waals surface area contributed by atoms with Gasteiger partial charge in [-0.25, -0.2) is 14.8 Å². The molecule has 3 heterocycles. The van der Waals surface area contributed by atoms with E-state index in [0.717, 1.165) is 26.9 Å². The lowest BCUT2D eigenvalue weighted by Crippen LogP contribution is -2.40. The fourth-order valence-electron chi connectivity index (χ4n) is 4.14. The molecule has 5 rings (SSSR count). The highest BCUT2D eigenvalue weighted by atomic mass is 32.2. The number of fused-ring (bicyclic) bond motifs is 1. The van der Waals surface area contributed by atoms with Crippen LogP contribution in [0.25, 0.3) is 28.0 Å². The molecule has 0 spiro atoms. The molecule has 2 aromatic carbocycles. The van der Waals surface area contributed by atoms with Gasteiger partial charge in [-0.1, -0.05) is 18.2 Å². The summed E-state index contributed by atoms with van der Waals surface area (Å²) in [6, 6.07) is 12.9. The van der Waals surface area contributed by atoms with E-state index in [2.05, 4.69) is 9.97 Å². The summed E-state index contributed by atoms with van der Waals surface area (Å²) in [4.78, 5) is 37.0. The molecule has 0 radical (unpaired) electrons. The van der Waals surface area contributed by atoms with Gasteiger partial charge in [-0.15, -0.1) is 11.8 Å². The average molecular weight is 489 g/mol. The number of rotatable bonds is 5. The fraction of sp³-hybridized carbons (Fsp3) is 0.231. The van der Waals surface area contributed by atoms with Crippen LogP contribution in [0.15, 0.2) is 66.0 Å². The quantitative estimate of drug-likeness (QED) is 0.309. The van der Waals surface area contributed by atoms with Crippen molar-refractivity contribution in [3.05, 3.63) is 72.2 Å². The number of amides is 1. The number of aromatic nitrogens is 3. The third-order valence-corrected chi connectivity index (χ3v) is 6.77. The molecule has 1 amide bonds. The van der Waals surface area contributed by atoms with E-state index < -0.39 is 5.97 Å². The van der Waals surface area contributed by atoms with Crippen LogP contribution in [0.4, 0.5) is 0 Å². The molecule has 0 atom stereocenters. The number of thioether (sulfide) groups is 1. The third kappa shape index (κ3) is 4.52. The summed E-state index contributed by atoms with van der Waals surface area (Å²) in [7, 11) is 1.36. The molecular weight excluding hydrogens is 464 g/mol. The lowest BCUT2D eigenvalue weighted by Gasteiger charge is -2.26. The maximum absolute atomic E-state index is 13.1. The van der Waals surface area contributed by atoms with E-state index in [-0.39, 0.29) is 5.91 Å². The number of carbonyl (C=O) groups excluding carboxylic acids is 2. The first-order chi connectivity index (χ1) is 17.1. The van der Waals surface area contributed by atoms with Crippen LogP contribution in [0.1, 0.15) is 20.7 Å². The Bertz CT molecular complexity index is 1390. The normalized spacial score (nSPS) is 13.7. The van der Waals surface area contributed by atoms with Crippen LogP contribution in [0.5, 0.6) is 0 Å². The van der Waals surface area contributed by atoms with E-state index in [9.17, 15) is 9.59 Å². The number of carbonyl (C=O) groups is 2. The molecule has 178 valence electrons. The first-order valence-electron chi connectivity index (χ1n) is 11.2. The van der Waals surface area contributed by atoms with Crippen molar-refractivity contribution in [3.63, 3.8) is 0 Å². The predicted molar refractivity (Wildman–Crippen MR) is 134 cm³/mol. The van der Waals surface area contributed by atoms with Gasteiger partial charge >= 0.3 is 5.97 Å². The van der Waals surface area contributed by atoms with Gasteiger partial charge in [0, 0.05) is 53.1 Å². The van der Waals surface area contributed by atoms with Crippen molar-refractivity contribution in [2.24, 2.45) is 0 Å². The van der Waals surface area contributed by atoms with Crippen LogP contribution in [0.3, 0.4) is 0 Å². The van der Waals surface area contributed by atoms with Crippen molar-refractivity contribution < 1.29 is 19.1 Å². The zero-order chi connectivity index (χ0) is 24.4. The monoisotopic (exact) mass is 488 g/mol. The Morgan fingerprint density at radius 2 is 1.77 bits per heavy atom. The van der Waals surface area contributed by atoms with E-state index in [1.54, 1.807) is 42.4 Å². The molecule has 9 heteroatoms. The Kier molecular flexibility index (Phi) is 6.52. The van der Waals surface area contributed by atoms with Crippen molar-refractivity contribution in [3.8, 4) is 17.1 Å². The molecule has 1 aliphatic heterocycles.